The summed E-state index contributed by atoms with van der Waals surface area (Å²) in [6.07, 6.45) is 7.21. The molecule has 0 spiro atoms. The zero-order chi connectivity index (χ0) is 15.6. The van der Waals surface area contributed by atoms with Crippen LogP contribution in [0.3, 0.4) is 0 Å². The van der Waals surface area contributed by atoms with Crippen LogP contribution in [0, 0.1) is 11.3 Å². The van der Waals surface area contributed by atoms with Gasteiger partial charge in [-0.15, -0.1) is 0 Å². The SMILES string of the molecule is N#Cc1ccccc1-c1cccc(-c2cnc3cnccn23)c1. The summed E-state index contributed by atoms with van der Waals surface area (Å²) in [7, 11) is 0. The van der Waals surface area contributed by atoms with E-state index in [1.165, 1.54) is 0 Å². The summed E-state index contributed by atoms with van der Waals surface area (Å²) in [6, 6.07) is 18.0. The number of hydrogen-bond acceptors (Lipinski definition) is 3. The number of benzene rings is 2. The molecule has 0 radical (unpaired) electrons. The summed E-state index contributed by atoms with van der Waals surface area (Å²) < 4.78 is 2.00. The van der Waals surface area contributed by atoms with Crippen molar-refractivity contribution in [1.82, 2.24) is 14.4 Å². The van der Waals surface area contributed by atoms with Crippen LogP contribution >= 0.6 is 0 Å². The highest BCUT2D eigenvalue weighted by molar-refractivity contribution is 5.76. The topological polar surface area (TPSA) is 54.0 Å². The van der Waals surface area contributed by atoms with Crippen molar-refractivity contribution in [2.24, 2.45) is 0 Å². The van der Waals surface area contributed by atoms with E-state index in [2.05, 4.69) is 22.1 Å². The monoisotopic (exact) mass is 296 g/mol. The number of nitriles is 1. The van der Waals surface area contributed by atoms with E-state index in [4.69, 9.17) is 0 Å². The molecule has 4 aromatic rings. The predicted molar refractivity (Wildman–Crippen MR) is 88.6 cm³/mol. The lowest BCUT2D eigenvalue weighted by Crippen LogP contribution is -1.89. The van der Waals surface area contributed by atoms with Crippen LogP contribution < -0.4 is 0 Å². The van der Waals surface area contributed by atoms with E-state index in [1.54, 1.807) is 12.4 Å². The molecule has 0 saturated carbocycles. The van der Waals surface area contributed by atoms with Crippen LogP contribution in [0.2, 0.25) is 0 Å². The molecule has 0 fully saturated rings. The molecule has 108 valence electrons. The van der Waals surface area contributed by atoms with Crippen LogP contribution in [-0.2, 0) is 0 Å². The van der Waals surface area contributed by atoms with Gasteiger partial charge in [0.05, 0.1) is 29.7 Å². The van der Waals surface area contributed by atoms with E-state index in [0.29, 0.717) is 5.56 Å². The van der Waals surface area contributed by atoms with Crippen molar-refractivity contribution in [3.05, 3.63) is 78.9 Å². The Balaban J connectivity index is 1.88. The van der Waals surface area contributed by atoms with E-state index >= 15 is 0 Å². The van der Waals surface area contributed by atoms with Crippen molar-refractivity contribution in [1.29, 1.82) is 5.26 Å². The molecule has 4 rings (SSSR count). The zero-order valence-corrected chi connectivity index (χ0v) is 12.2. The second kappa shape index (κ2) is 5.39. The van der Waals surface area contributed by atoms with Crippen molar-refractivity contribution >= 4 is 5.65 Å². The Hall–Kier alpha value is -3.45. The molecule has 2 aromatic carbocycles. The highest BCUT2D eigenvalue weighted by Gasteiger charge is 2.09. The number of hydrogen-bond donors (Lipinski definition) is 0. The molecule has 0 aliphatic carbocycles. The minimum Gasteiger partial charge on any atom is -0.297 e. The zero-order valence-electron chi connectivity index (χ0n) is 12.2. The third-order valence-corrected chi connectivity index (χ3v) is 3.83. The molecule has 0 aliphatic rings. The van der Waals surface area contributed by atoms with Gasteiger partial charge in [0.2, 0.25) is 0 Å². The average molecular weight is 296 g/mol. The highest BCUT2D eigenvalue weighted by Crippen LogP contribution is 2.28. The second-order valence-corrected chi connectivity index (χ2v) is 5.19. The van der Waals surface area contributed by atoms with Gasteiger partial charge in [0.1, 0.15) is 0 Å². The normalized spacial score (nSPS) is 10.6. The molecule has 2 aromatic heterocycles. The molecule has 0 N–H and O–H groups in total. The lowest BCUT2D eigenvalue weighted by molar-refractivity contribution is 1.13. The summed E-state index contributed by atoms with van der Waals surface area (Å²) in [5.74, 6) is 0. The number of imidazole rings is 1. The van der Waals surface area contributed by atoms with Crippen molar-refractivity contribution < 1.29 is 0 Å². The average Bonchev–Trinajstić information content (AvgIpc) is 3.06. The standard InChI is InChI=1S/C19H12N4/c20-11-16-4-1-2-7-17(16)14-5-3-6-15(10-14)18-12-22-19-13-21-8-9-23(18)19/h1-10,12-13H. The Morgan fingerprint density at radius 1 is 0.957 bits per heavy atom. The number of aromatic nitrogens is 3. The van der Waals surface area contributed by atoms with E-state index in [9.17, 15) is 5.26 Å². The fourth-order valence-electron chi connectivity index (χ4n) is 2.73. The van der Waals surface area contributed by atoms with Crippen LogP contribution in [0.4, 0.5) is 0 Å². The molecule has 0 amide bonds. The van der Waals surface area contributed by atoms with E-state index in [0.717, 1.165) is 28.0 Å². The van der Waals surface area contributed by atoms with Gasteiger partial charge in [0, 0.05) is 18.0 Å². The lowest BCUT2D eigenvalue weighted by Gasteiger charge is -2.07. The molecular formula is C19H12N4. The number of nitrogens with zero attached hydrogens (tertiary/aromatic N) is 4. The van der Waals surface area contributed by atoms with Gasteiger partial charge in [-0.1, -0.05) is 36.4 Å². The van der Waals surface area contributed by atoms with Crippen LogP contribution in [0.15, 0.2) is 73.3 Å². The molecular weight excluding hydrogens is 284 g/mol. The summed E-state index contributed by atoms with van der Waals surface area (Å²) in [5.41, 5.74) is 5.49. The molecule has 0 unspecified atom stereocenters. The summed E-state index contributed by atoms with van der Waals surface area (Å²) in [5, 5.41) is 9.30. The Morgan fingerprint density at radius 3 is 2.74 bits per heavy atom. The van der Waals surface area contributed by atoms with Crippen LogP contribution in [0.1, 0.15) is 5.56 Å². The van der Waals surface area contributed by atoms with Crippen LogP contribution in [0.25, 0.3) is 28.0 Å². The number of fused-ring (bicyclic) bond motifs is 1. The van der Waals surface area contributed by atoms with E-state index in [1.807, 2.05) is 59.3 Å². The van der Waals surface area contributed by atoms with Gasteiger partial charge < -0.3 is 0 Å². The minimum atomic E-state index is 0.673. The lowest BCUT2D eigenvalue weighted by atomic mass is 9.98. The maximum atomic E-state index is 9.30. The Morgan fingerprint density at radius 2 is 1.83 bits per heavy atom. The smallest absolute Gasteiger partial charge is 0.155 e. The van der Waals surface area contributed by atoms with Gasteiger partial charge in [-0.3, -0.25) is 9.38 Å². The van der Waals surface area contributed by atoms with Crippen molar-refractivity contribution in [2.75, 3.05) is 0 Å². The fraction of sp³-hybridized carbons (Fsp3) is 0. The third-order valence-electron chi connectivity index (χ3n) is 3.83. The fourth-order valence-corrected chi connectivity index (χ4v) is 2.73. The molecule has 0 atom stereocenters. The largest absolute Gasteiger partial charge is 0.297 e. The van der Waals surface area contributed by atoms with Gasteiger partial charge in [-0.05, 0) is 23.3 Å². The molecule has 2 heterocycles. The molecule has 0 bridgehead atoms. The van der Waals surface area contributed by atoms with Crippen molar-refractivity contribution in [3.8, 4) is 28.5 Å². The summed E-state index contributed by atoms with van der Waals surface area (Å²) in [6.45, 7) is 0. The first-order valence-electron chi connectivity index (χ1n) is 7.24. The van der Waals surface area contributed by atoms with Gasteiger partial charge in [0.15, 0.2) is 5.65 Å². The maximum Gasteiger partial charge on any atom is 0.155 e. The molecule has 23 heavy (non-hydrogen) atoms. The first-order chi connectivity index (χ1) is 11.4. The van der Waals surface area contributed by atoms with Crippen LogP contribution in [-0.4, -0.2) is 14.4 Å². The third kappa shape index (κ3) is 2.25. The molecule has 4 nitrogen and oxygen atoms in total. The molecule has 4 heteroatoms. The van der Waals surface area contributed by atoms with Gasteiger partial charge >= 0.3 is 0 Å². The number of rotatable bonds is 2. The first-order valence-corrected chi connectivity index (χ1v) is 7.24. The van der Waals surface area contributed by atoms with Gasteiger partial charge in [-0.25, -0.2) is 4.98 Å². The minimum absolute atomic E-state index is 0.673. The second-order valence-electron chi connectivity index (χ2n) is 5.19. The summed E-state index contributed by atoms with van der Waals surface area (Å²) >= 11 is 0. The maximum absolute atomic E-state index is 9.30. The summed E-state index contributed by atoms with van der Waals surface area (Å²) in [4.78, 5) is 8.47. The molecule has 0 saturated heterocycles. The van der Waals surface area contributed by atoms with Gasteiger partial charge in [-0.2, -0.15) is 5.26 Å². The van der Waals surface area contributed by atoms with Crippen molar-refractivity contribution in [2.45, 2.75) is 0 Å². The Kier molecular flexibility index (Phi) is 3.10. The Bertz CT molecular complexity index is 1040. The van der Waals surface area contributed by atoms with Crippen molar-refractivity contribution in [3.63, 3.8) is 0 Å². The molecule has 0 aliphatic heterocycles. The Labute approximate surface area is 133 Å². The van der Waals surface area contributed by atoms with Gasteiger partial charge in [0.25, 0.3) is 0 Å². The highest BCUT2D eigenvalue weighted by atomic mass is 15.0. The quantitative estimate of drug-likeness (QED) is 0.563. The van der Waals surface area contributed by atoms with E-state index < -0.39 is 0 Å². The predicted octanol–water partition coefficient (Wildman–Crippen LogP) is 3.93. The van der Waals surface area contributed by atoms with E-state index in [-0.39, 0.29) is 0 Å². The first kappa shape index (κ1) is 13.2. The van der Waals surface area contributed by atoms with Crippen LogP contribution in [0.5, 0.6) is 0 Å².